The molecule has 0 saturated heterocycles. The number of hydrogen-bond donors (Lipinski definition) is 3. The molecule has 0 aliphatic heterocycles. The van der Waals surface area contributed by atoms with E-state index in [1.165, 1.54) is 7.11 Å². The van der Waals surface area contributed by atoms with Gasteiger partial charge in [0.25, 0.3) is 20.2 Å². The van der Waals surface area contributed by atoms with Gasteiger partial charge in [-0.3, -0.25) is 9.11 Å². The van der Waals surface area contributed by atoms with Crippen LogP contribution in [0.15, 0.2) is 0 Å². The lowest BCUT2D eigenvalue weighted by Crippen LogP contribution is -2.53. The molecular formula is C7H14O8S2. The molecule has 1 saturated carbocycles. The van der Waals surface area contributed by atoms with E-state index in [0.717, 1.165) is 0 Å². The van der Waals surface area contributed by atoms with Crippen molar-refractivity contribution in [2.24, 2.45) is 0 Å². The highest BCUT2D eigenvalue weighted by molar-refractivity contribution is 7.90. The molecule has 0 aromatic heterocycles. The summed E-state index contributed by atoms with van der Waals surface area (Å²) < 4.78 is 66.9. The highest BCUT2D eigenvalue weighted by Gasteiger charge is 2.49. The normalized spacial score (nSPS) is 35.8. The second kappa shape index (κ2) is 4.78. The number of hydrogen-bond acceptors (Lipinski definition) is 6. The molecule has 4 atom stereocenters. The minimum atomic E-state index is -4.78. The summed E-state index contributed by atoms with van der Waals surface area (Å²) in [6.07, 6.45) is -2.75. The molecule has 102 valence electrons. The lowest BCUT2D eigenvalue weighted by molar-refractivity contribution is 0.0129. The number of aliphatic hydroxyl groups is 1. The topological polar surface area (TPSA) is 138 Å². The quantitative estimate of drug-likeness (QED) is 0.543. The molecule has 3 N–H and O–H groups in total. The summed E-state index contributed by atoms with van der Waals surface area (Å²) in [5.41, 5.74) is 0. The van der Waals surface area contributed by atoms with Crippen LogP contribution >= 0.6 is 0 Å². The fourth-order valence-corrected chi connectivity index (χ4v) is 4.84. The summed E-state index contributed by atoms with van der Waals surface area (Å²) >= 11 is 0. The first-order valence-corrected chi connectivity index (χ1v) is 7.71. The van der Waals surface area contributed by atoms with E-state index in [1.54, 1.807) is 0 Å². The second-order valence-corrected chi connectivity index (χ2v) is 7.14. The zero-order valence-corrected chi connectivity index (χ0v) is 10.6. The molecule has 1 aliphatic carbocycles. The highest BCUT2D eigenvalue weighted by Crippen LogP contribution is 2.30. The maximum Gasteiger partial charge on any atom is 0.271 e. The maximum atomic E-state index is 11.1. The van der Waals surface area contributed by atoms with E-state index in [9.17, 15) is 21.9 Å². The Kier molecular flexibility index (Phi) is 4.16. The summed E-state index contributed by atoms with van der Waals surface area (Å²) in [4.78, 5) is 0. The van der Waals surface area contributed by atoms with E-state index in [2.05, 4.69) is 0 Å². The summed E-state index contributed by atoms with van der Waals surface area (Å²) in [6, 6.07) is 0. The first kappa shape index (κ1) is 14.8. The number of ether oxygens (including phenoxy) is 1. The molecule has 1 aliphatic rings. The van der Waals surface area contributed by atoms with Gasteiger partial charge in [-0.2, -0.15) is 16.8 Å². The smallest absolute Gasteiger partial charge is 0.271 e. The van der Waals surface area contributed by atoms with Crippen molar-refractivity contribution in [2.45, 2.75) is 35.5 Å². The van der Waals surface area contributed by atoms with Gasteiger partial charge in [-0.15, -0.1) is 0 Å². The van der Waals surface area contributed by atoms with E-state index in [4.69, 9.17) is 13.8 Å². The van der Waals surface area contributed by atoms with Crippen molar-refractivity contribution in [1.82, 2.24) is 0 Å². The minimum Gasteiger partial charge on any atom is -0.392 e. The zero-order chi connectivity index (χ0) is 13.4. The van der Waals surface area contributed by atoms with Crippen LogP contribution in [0.25, 0.3) is 0 Å². The standard InChI is InChI=1S/C7H14O8S2/c1-15-4-2-5(8)7(17(12,13)14)6(3-4)16(9,10)11/h4-8H,2-3H2,1H3,(H,9,10,11)(H,12,13,14). The van der Waals surface area contributed by atoms with E-state index in [1.807, 2.05) is 0 Å². The van der Waals surface area contributed by atoms with Gasteiger partial charge < -0.3 is 9.84 Å². The fraction of sp³-hybridized carbons (Fsp3) is 1.00. The third-order valence-electron chi connectivity index (χ3n) is 2.81. The van der Waals surface area contributed by atoms with E-state index < -0.39 is 42.9 Å². The Morgan fingerprint density at radius 2 is 1.59 bits per heavy atom. The molecule has 0 amide bonds. The third kappa shape index (κ3) is 3.36. The van der Waals surface area contributed by atoms with Crippen LogP contribution in [0.5, 0.6) is 0 Å². The number of rotatable bonds is 3. The fourth-order valence-electron chi connectivity index (χ4n) is 2.01. The second-order valence-electron chi connectivity index (χ2n) is 3.93. The largest absolute Gasteiger partial charge is 0.392 e. The van der Waals surface area contributed by atoms with E-state index >= 15 is 0 Å². The molecule has 1 rings (SSSR count). The molecule has 1 fully saturated rings. The SMILES string of the molecule is COC1CC(O)C(S(=O)(=O)O)C(S(=O)(=O)O)C1. The Bertz CT molecular complexity index is 466. The van der Waals surface area contributed by atoms with Gasteiger partial charge in [0, 0.05) is 13.5 Å². The van der Waals surface area contributed by atoms with Gasteiger partial charge in [-0.05, 0) is 6.42 Å². The summed E-state index contributed by atoms with van der Waals surface area (Å²) in [7, 11) is -8.23. The van der Waals surface area contributed by atoms with Crippen LogP contribution < -0.4 is 0 Å². The molecule has 0 spiro atoms. The number of aliphatic hydroxyl groups excluding tert-OH is 1. The van der Waals surface area contributed by atoms with Gasteiger partial charge in [0.15, 0.2) is 0 Å². The Hall–Kier alpha value is -0.260. The molecule has 0 heterocycles. The van der Waals surface area contributed by atoms with Crippen molar-refractivity contribution in [1.29, 1.82) is 0 Å². The Balaban J connectivity index is 3.17. The Morgan fingerprint density at radius 3 is 1.94 bits per heavy atom. The summed E-state index contributed by atoms with van der Waals surface area (Å²) in [5, 5.41) is 5.79. The average molecular weight is 290 g/mol. The van der Waals surface area contributed by atoms with Crippen molar-refractivity contribution >= 4 is 20.2 Å². The molecule has 17 heavy (non-hydrogen) atoms. The van der Waals surface area contributed by atoms with Gasteiger partial charge >= 0.3 is 0 Å². The van der Waals surface area contributed by atoms with E-state index in [-0.39, 0.29) is 12.8 Å². The van der Waals surface area contributed by atoms with Crippen LogP contribution in [0.4, 0.5) is 0 Å². The summed E-state index contributed by atoms with van der Waals surface area (Å²) in [6.45, 7) is 0. The molecule has 8 nitrogen and oxygen atoms in total. The van der Waals surface area contributed by atoms with Crippen molar-refractivity contribution in [3.05, 3.63) is 0 Å². The monoisotopic (exact) mass is 290 g/mol. The predicted molar refractivity (Wildman–Crippen MR) is 56.7 cm³/mol. The zero-order valence-electron chi connectivity index (χ0n) is 8.92. The Labute approximate surface area is 99.1 Å². The molecule has 0 aromatic carbocycles. The first-order chi connectivity index (χ1) is 7.57. The molecular weight excluding hydrogens is 276 g/mol. The minimum absolute atomic E-state index is 0.132. The van der Waals surface area contributed by atoms with Crippen molar-refractivity contribution in [3.63, 3.8) is 0 Å². The van der Waals surface area contributed by atoms with Crippen LogP contribution in [0.1, 0.15) is 12.8 Å². The van der Waals surface area contributed by atoms with Gasteiger partial charge in [0.1, 0.15) is 10.5 Å². The lowest BCUT2D eigenvalue weighted by Gasteiger charge is -2.35. The molecule has 10 heteroatoms. The maximum absolute atomic E-state index is 11.1. The van der Waals surface area contributed by atoms with Crippen molar-refractivity contribution in [2.75, 3.05) is 7.11 Å². The molecule has 0 bridgehead atoms. The van der Waals surface area contributed by atoms with Gasteiger partial charge in [-0.1, -0.05) is 0 Å². The van der Waals surface area contributed by atoms with Gasteiger partial charge in [0.05, 0.1) is 12.2 Å². The highest BCUT2D eigenvalue weighted by atomic mass is 32.2. The molecule has 0 aromatic rings. The third-order valence-corrected chi connectivity index (χ3v) is 5.56. The first-order valence-electron chi connectivity index (χ1n) is 4.71. The number of methoxy groups -OCH3 is 1. The molecule has 4 unspecified atom stereocenters. The van der Waals surface area contributed by atoms with Crippen LogP contribution in [0, 0.1) is 0 Å². The predicted octanol–water partition coefficient (Wildman–Crippen LogP) is -1.33. The van der Waals surface area contributed by atoms with Crippen LogP contribution in [0.2, 0.25) is 0 Å². The van der Waals surface area contributed by atoms with Crippen LogP contribution in [-0.2, 0) is 25.0 Å². The summed E-state index contributed by atoms with van der Waals surface area (Å²) in [5.74, 6) is 0. The molecule has 0 radical (unpaired) electrons. The van der Waals surface area contributed by atoms with Crippen molar-refractivity contribution in [3.8, 4) is 0 Å². The van der Waals surface area contributed by atoms with E-state index in [0.29, 0.717) is 0 Å². The van der Waals surface area contributed by atoms with Gasteiger partial charge in [-0.25, -0.2) is 0 Å². The van der Waals surface area contributed by atoms with Crippen molar-refractivity contribution < 1.29 is 35.8 Å². The average Bonchev–Trinajstić information content (AvgIpc) is 2.12. The van der Waals surface area contributed by atoms with Crippen LogP contribution in [0.3, 0.4) is 0 Å². The Morgan fingerprint density at radius 1 is 1.06 bits per heavy atom. The lowest BCUT2D eigenvalue weighted by atomic mass is 9.94. The van der Waals surface area contributed by atoms with Gasteiger partial charge in [0.2, 0.25) is 0 Å². The van der Waals surface area contributed by atoms with Crippen LogP contribution in [-0.4, -0.2) is 60.9 Å².